The molecule has 0 aliphatic rings. The van der Waals surface area contributed by atoms with Crippen molar-refractivity contribution in [2.45, 2.75) is 32.9 Å². The number of hydrogen-bond acceptors (Lipinski definition) is 4. The van der Waals surface area contributed by atoms with Crippen molar-refractivity contribution in [2.24, 2.45) is 5.73 Å². The van der Waals surface area contributed by atoms with Crippen LogP contribution in [0.15, 0.2) is 24.4 Å². The van der Waals surface area contributed by atoms with Crippen LogP contribution in [-0.2, 0) is 6.54 Å². The van der Waals surface area contributed by atoms with Crippen molar-refractivity contribution in [3.8, 4) is 5.75 Å². The molecule has 19 heavy (non-hydrogen) atoms. The lowest BCUT2D eigenvalue weighted by molar-refractivity contribution is 0.403. The highest BCUT2D eigenvalue weighted by Gasteiger charge is 2.21. The molecule has 2 N–H and O–H groups in total. The quantitative estimate of drug-likeness (QED) is 0.893. The van der Waals surface area contributed by atoms with Gasteiger partial charge < -0.3 is 10.5 Å². The van der Waals surface area contributed by atoms with Gasteiger partial charge in [0.15, 0.2) is 5.75 Å². The lowest BCUT2D eigenvalue weighted by atomic mass is 10.1. The Balaban J connectivity index is 2.41. The van der Waals surface area contributed by atoms with E-state index in [-0.39, 0.29) is 6.04 Å². The fourth-order valence-electron chi connectivity index (χ4n) is 2.12. The lowest BCUT2D eigenvalue weighted by Gasteiger charge is -2.15. The summed E-state index contributed by atoms with van der Waals surface area (Å²) in [5.41, 5.74) is 8.99. The van der Waals surface area contributed by atoms with Crippen LogP contribution in [-0.4, -0.2) is 21.9 Å². The Hall–Kier alpha value is -1.88. The third kappa shape index (κ3) is 2.76. The summed E-state index contributed by atoms with van der Waals surface area (Å²) >= 11 is 0. The van der Waals surface area contributed by atoms with E-state index in [1.807, 2.05) is 29.8 Å². The van der Waals surface area contributed by atoms with Crippen molar-refractivity contribution >= 4 is 0 Å². The van der Waals surface area contributed by atoms with Gasteiger partial charge in [0.2, 0.25) is 0 Å². The van der Waals surface area contributed by atoms with Crippen LogP contribution in [0.4, 0.5) is 0 Å². The molecule has 0 amide bonds. The first kappa shape index (κ1) is 13.5. The van der Waals surface area contributed by atoms with Crippen LogP contribution >= 0.6 is 0 Å². The predicted octanol–water partition coefficient (Wildman–Crippen LogP) is 2.05. The van der Waals surface area contributed by atoms with Crippen LogP contribution in [0.25, 0.3) is 0 Å². The second-order valence-corrected chi connectivity index (χ2v) is 4.50. The molecule has 0 fully saturated rings. The number of methoxy groups -OCH3 is 1. The summed E-state index contributed by atoms with van der Waals surface area (Å²) < 4.78 is 7.25. The predicted molar refractivity (Wildman–Crippen MR) is 74.1 cm³/mol. The molecule has 1 atom stereocenters. The maximum atomic E-state index is 6.33. The Labute approximate surface area is 113 Å². The first-order chi connectivity index (χ1) is 9.17. The highest BCUT2D eigenvalue weighted by molar-refractivity contribution is 5.33. The average molecular weight is 260 g/mol. The van der Waals surface area contributed by atoms with E-state index in [4.69, 9.17) is 10.5 Å². The van der Waals surface area contributed by atoms with Crippen LogP contribution in [0, 0.1) is 6.92 Å². The van der Waals surface area contributed by atoms with Gasteiger partial charge in [0.05, 0.1) is 25.0 Å². The number of pyridine rings is 1. The summed E-state index contributed by atoms with van der Waals surface area (Å²) in [5, 5.41) is 4.33. The van der Waals surface area contributed by atoms with Gasteiger partial charge in [0.25, 0.3) is 0 Å². The molecule has 0 aliphatic heterocycles. The van der Waals surface area contributed by atoms with Gasteiger partial charge in [-0.1, -0.05) is 13.0 Å². The Morgan fingerprint density at radius 2 is 2.21 bits per heavy atom. The third-order valence-electron chi connectivity index (χ3n) is 3.02. The molecule has 2 rings (SSSR count). The SMILES string of the molecule is CCCn1ncc(OC)c1C(N)c1cccc(C)n1. The van der Waals surface area contributed by atoms with Gasteiger partial charge in [-0.2, -0.15) is 5.10 Å². The maximum absolute atomic E-state index is 6.33. The minimum Gasteiger partial charge on any atom is -0.493 e. The van der Waals surface area contributed by atoms with Crippen molar-refractivity contribution in [3.05, 3.63) is 41.5 Å². The fourth-order valence-corrected chi connectivity index (χ4v) is 2.12. The summed E-state index contributed by atoms with van der Waals surface area (Å²) in [7, 11) is 1.63. The van der Waals surface area contributed by atoms with Gasteiger partial charge >= 0.3 is 0 Å². The van der Waals surface area contributed by atoms with E-state index >= 15 is 0 Å². The molecule has 102 valence electrons. The zero-order valence-corrected chi connectivity index (χ0v) is 11.6. The molecule has 0 aliphatic carbocycles. The number of ether oxygens (including phenoxy) is 1. The minimum absolute atomic E-state index is 0.330. The second kappa shape index (κ2) is 5.84. The first-order valence-electron chi connectivity index (χ1n) is 6.46. The average Bonchev–Trinajstić information content (AvgIpc) is 2.81. The number of nitrogens with zero attached hydrogens (tertiary/aromatic N) is 3. The van der Waals surface area contributed by atoms with Crippen molar-refractivity contribution in [1.82, 2.24) is 14.8 Å². The molecule has 0 saturated carbocycles. The highest BCUT2D eigenvalue weighted by Crippen LogP contribution is 2.27. The molecule has 5 nitrogen and oxygen atoms in total. The number of aryl methyl sites for hydroxylation is 2. The van der Waals surface area contributed by atoms with Crippen molar-refractivity contribution in [3.63, 3.8) is 0 Å². The zero-order chi connectivity index (χ0) is 13.8. The molecule has 0 aromatic carbocycles. The van der Waals surface area contributed by atoms with Crippen LogP contribution in [0.2, 0.25) is 0 Å². The van der Waals surface area contributed by atoms with Gasteiger partial charge in [-0.15, -0.1) is 0 Å². The minimum atomic E-state index is -0.330. The number of rotatable bonds is 5. The zero-order valence-electron chi connectivity index (χ0n) is 11.6. The standard InChI is InChI=1S/C14H20N4O/c1-4-8-18-14(12(19-3)9-16-18)13(15)11-7-5-6-10(2)17-11/h5-7,9,13H,4,8,15H2,1-3H3. The Morgan fingerprint density at radius 1 is 1.42 bits per heavy atom. The lowest BCUT2D eigenvalue weighted by Crippen LogP contribution is -2.19. The topological polar surface area (TPSA) is 66.0 Å². The molecule has 0 radical (unpaired) electrons. The van der Waals surface area contributed by atoms with E-state index in [1.165, 1.54) is 0 Å². The van der Waals surface area contributed by atoms with E-state index in [9.17, 15) is 0 Å². The molecular formula is C14H20N4O. The molecule has 2 heterocycles. The monoisotopic (exact) mass is 260 g/mol. The third-order valence-corrected chi connectivity index (χ3v) is 3.02. The number of nitrogens with two attached hydrogens (primary N) is 1. The molecule has 1 unspecified atom stereocenters. The van der Waals surface area contributed by atoms with Crippen LogP contribution in [0.1, 0.15) is 36.5 Å². The second-order valence-electron chi connectivity index (χ2n) is 4.50. The Bertz CT molecular complexity index is 550. The number of aromatic nitrogens is 3. The molecule has 0 saturated heterocycles. The summed E-state index contributed by atoms with van der Waals surface area (Å²) in [6.07, 6.45) is 2.70. The van der Waals surface area contributed by atoms with E-state index in [0.717, 1.165) is 30.0 Å². The Kier molecular flexibility index (Phi) is 4.16. The van der Waals surface area contributed by atoms with Gasteiger partial charge in [-0.05, 0) is 25.5 Å². The Morgan fingerprint density at radius 3 is 2.84 bits per heavy atom. The molecule has 5 heteroatoms. The van der Waals surface area contributed by atoms with E-state index in [2.05, 4.69) is 17.0 Å². The normalized spacial score (nSPS) is 12.4. The summed E-state index contributed by atoms with van der Waals surface area (Å²) in [5.74, 6) is 0.712. The first-order valence-corrected chi connectivity index (χ1v) is 6.46. The largest absolute Gasteiger partial charge is 0.493 e. The van der Waals surface area contributed by atoms with Crippen LogP contribution in [0.5, 0.6) is 5.75 Å². The van der Waals surface area contributed by atoms with E-state index in [0.29, 0.717) is 5.75 Å². The van der Waals surface area contributed by atoms with Crippen LogP contribution in [0.3, 0.4) is 0 Å². The number of hydrogen-bond donors (Lipinski definition) is 1. The van der Waals surface area contributed by atoms with E-state index < -0.39 is 0 Å². The van der Waals surface area contributed by atoms with Crippen molar-refractivity contribution in [1.29, 1.82) is 0 Å². The van der Waals surface area contributed by atoms with Gasteiger partial charge in [0.1, 0.15) is 5.69 Å². The van der Waals surface area contributed by atoms with Crippen molar-refractivity contribution in [2.75, 3.05) is 7.11 Å². The van der Waals surface area contributed by atoms with Crippen molar-refractivity contribution < 1.29 is 4.74 Å². The highest BCUT2D eigenvalue weighted by atomic mass is 16.5. The molecule has 0 bridgehead atoms. The molecule has 2 aromatic heterocycles. The van der Waals surface area contributed by atoms with Gasteiger partial charge in [-0.25, -0.2) is 0 Å². The summed E-state index contributed by atoms with van der Waals surface area (Å²) in [6.45, 7) is 4.88. The van der Waals surface area contributed by atoms with Gasteiger partial charge in [0, 0.05) is 12.2 Å². The van der Waals surface area contributed by atoms with Crippen LogP contribution < -0.4 is 10.5 Å². The smallest absolute Gasteiger partial charge is 0.161 e. The van der Waals surface area contributed by atoms with E-state index in [1.54, 1.807) is 13.3 Å². The summed E-state index contributed by atoms with van der Waals surface area (Å²) in [4.78, 5) is 4.48. The molecule has 2 aromatic rings. The van der Waals surface area contributed by atoms with Gasteiger partial charge in [-0.3, -0.25) is 9.67 Å². The molecular weight excluding hydrogens is 240 g/mol. The summed E-state index contributed by atoms with van der Waals surface area (Å²) in [6, 6.07) is 5.52. The molecule has 0 spiro atoms. The fraction of sp³-hybridized carbons (Fsp3) is 0.429. The maximum Gasteiger partial charge on any atom is 0.161 e.